The number of benzene rings is 2. The van der Waals surface area contributed by atoms with E-state index in [1.165, 1.54) is 51.6 Å². The average molecular weight is 375 g/mol. The number of nitrogens with one attached hydrogen (secondary N) is 1. The minimum Gasteiger partial charge on any atom is -0.495 e. The van der Waals surface area contributed by atoms with Gasteiger partial charge in [0.25, 0.3) is 15.9 Å². The molecule has 0 aliphatic rings. The summed E-state index contributed by atoms with van der Waals surface area (Å²) in [6, 6.07) is 12.1. The topological polar surface area (TPSA) is 109 Å². The first kappa shape index (κ1) is 19.4. The Bertz CT molecular complexity index is 967. The van der Waals surface area contributed by atoms with Crippen molar-refractivity contribution in [2.45, 2.75) is 4.90 Å². The van der Waals surface area contributed by atoms with Gasteiger partial charge in [0.05, 0.1) is 36.4 Å². The van der Waals surface area contributed by atoms with Crippen LogP contribution in [-0.2, 0) is 14.9 Å². The molecule has 136 valence electrons. The number of hydrogen-bond acceptors (Lipinski definition) is 6. The van der Waals surface area contributed by atoms with Crippen LogP contribution in [0.2, 0.25) is 0 Å². The largest absolute Gasteiger partial charge is 0.495 e. The first-order valence-electron chi connectivity index (χ1n) is 7.36. The van der Waals surface area contributed by atoms with Crippen LogP contribution in [0.15, 0.2) is 47.4 Å². The molecule has 0 fully saturated rings. The quantitative estimate of drug-likeness (QED) is 0.774. The summed E-state index contributed by atoms with van der Waals surface area (Å²) < 4.78 is 30.4. The Kier molecular flexibility index (Phi) is 5.94. The molecule has 0 aliphatic heterocycles. The van der Waals surface area contributed by atoms with Gasteiger partial charge < -0.3 is 10.1 Å². The number of carbonyl (C=O) groups is 1. The van der Waals surface area contributed by atoms with E-state index in [1.54, 1.807) is 12.1 Å². The molecule has 2 rings (SSSR count). The molecule has 9 heteroatoms. The molecular formula is C17H17N3O5S. The lowest BCUT2D eigenvalue weighted by molar-refractivity contribution is -0.0258. The van der Waals surface area contributed by atoms with Crippen molar-refractivity contribution in [2.24, 2.45) is 0 Å². The summed E-state index contributed by atoms with van der Waals surface area (Å²) in [7, 11) is 0.0324. The Labute approximate surface area is 151 Å². The van der Waals surface area contributed by atoms with Crippen molar-refractivity contribution >= 4 is 21.6 Å². The van der Waals surface area contributed by atoms with Gasteiger partial charge in [-0.1, -0.05) is 10.5 Å². The number of rotatable bonds is 6. The highest BCUT2D eigenvalue weighted by atomic mass is 32.2. The van der Waals surface area contributed by atoms with Crippen LogP contribution in [0.1, 0.15) is 15.9 Å². The normalized spacial score (nSPS) is 11.0. The van der Waals surface area contributed by atoms with E-state index in [0.717, 1.165) is 0 Å². The minimum atomic E-state index is -3.88. The van der Waals surface area contributed by atoms with Crippen LogP contribution in [-0.4, -0.2) is 40.1 Å². The second-order valence-electron chi connectivity index (χ2n) is 5.11. The van der Waals surface area contributed by atoms with Crippen LogP contribution >= 0.6 is 0 Å². The predicted molar refractivity (Wildman–Crippen MR) is 94.1 cm³/mol. The van der Waals surface area contributed by atoms with Crippen LogP contribution in [0.5, 0.6) is 5.75 Å². The molecule has 8 nitrogen and oxygen atoms in total. The summed E-state index contributed by atoms with van der Waals surface area (Å²) in [4.78, 5) is 17.1. The zero-order valence-corrected chi connectivity index (χ0v) is 15.2. The lowest BCUT2D eigenvalue weighted by atomic mass is 10.1. The summed E-state index contributed by atoms with van der Waals surface area (Å²) >= 11 is 0. The molecule has 0 spiro atoms. The molecule has 0 unspecified atom stereocenters. The first-order valence-corrected chi connectivity index (χ1v) is 8.80. The van der Waals surface area contributed by atoms with Crippen LogP contribution < -0.4 is 10.1 Å². The molecule has 2 aromatic rings. The highest BCUT2D eigenvalue weighted by Crippen LogP contribution is 2.26. The van der Waals surface area contributed by atoms with Gasteiger partial charge in [0.15, 0.2) is 0 Å². The third kappa shape index (κ3) is 4.00. The predicted octanol–water partition coefficient (Wildman–Crippen LogP) is 2.00. The maximum atomic E-state index is 12.5. The van der Waals surface area contributed by atoms with Crippen molar-refractivity contribution < 1.29 is 22.8 Å². The summed E-state index contributed by atoms with van der Waals surface area (Å²) in [5.41, 5.74) is 0.776. The monoisotopic (exact) mass is 375 g/mol. The summed E-state index contributed by atoms with van der Waals surface area (Å²) in [5, 5.41) is 11.6. The molecule has 0 atom stereocenters. The van der Waals surface area contributed by atoms with E-state index in [1.807, 2.05) is 6.07 Å². The highest BCUT2D eigenvalue weighted by molar-refractivity contribution is 7.89. The van der Waals surface area contributed by atoms with E-state index in [9.17, 15) is 13.2 Å². The standard InChI is InChI=1S/C17H17N3O5S/c1-20(25-3)26(22,23)14-6-4-5-13(10-14)17(21)19-15-9-12(11-18)7-8-16(15)24-2/h4-10H,1-3H3,(H,19,21). The van der Waals surface area contributed by atoms with E-state index < -0.39 is 15.9 Å². The molecular weight excluding hydrogens is 358 g/mol. The Morgan fingerprint density at radius 2 is 1.92 bits per heavy atom. The number of amides is 1. The number of anilines is 1. The van der Waals surface area contributed by atoms with Crippen molar-refractivity contribution in [3.8, 4) is 11.8 Å². The van der Waals surface area contributed by atoms with Gasteiger partial charge in [-0.05, 0) is 36.4 Å². The molecule has 0 heterocycles. The number of hydrogen-bond donors (Lipinski definition) is 1. The van der Waals surface area contributed by atoms with Gasteiger partial charge in [-0.3, -0.25) is 9.63 Å². The zero-order chi connectivity index (χ0) is 19.3. The Balaban J connectivity index is 2.35. The zero-order valence-electron chi connectivity index (χ0n) is 14.4. The molecule has 1 amide bonds. The summed E-state index contributed by atoms with van der Waals surface area (Å²) in [5.74, 6) is -0.171. The van der Waals surface area contributed by atoms with Gasteiger partial charge in [0.1, 0.15) is 5.75 Å². The molecule has 0 bridgehead atoms. The number of ether oxygens (including phenoxy) is 1. The fourth-order valence-electron chi connectivity index (χ4n) is 2.11. The Morgan fingerprint density at radius 1 is 1.19 bits per heavy atom. The van der Waals surface area contributed by atoms with Gasteiger partial charge in [-0.2, -0.15) is 5.26 Å². The van der Waals surface area contributed by atoms with E-state index in [4.69, 9.17) is 14.8 Å². The van der Waals surface area contributed by atoms with Gasteiger partial charge in [-0.25, -0.2) is 8.42 Å². The van der Waals surface area contributed by atoms with Crippen LogP contribution in [0.4, 0.5) is 5.69 Å². The third-order valence-corrected chi connectivity index (χ3v) is 5.24. The van der Waals surface area contributed by atoms with Gasteiger partial charge >= 0.3 is 0 Å². The molecule has 26 heavy (non-hydrogen) atoms. The molecule has 0 saturated carbocycles. The average Bonchev–Trinajstić information content (AvgIpc) is 2.67. The van der Waals surface area contributed by atoms with Crippen molar-refractivity contribution in [1.29, 1.82) is 5.26 Å². The van der Waals surface area contributed by atoms with Crippen molar-refractivity contribution in [3.05, 3.63) is 53.6 Å². The van der Waals surface area contributed by atoms with E-state index >= 15 is 0 Å². The number of nitrogens with zero attached hydrogens (tertiary/aromatic N) is 2. The Hall–Kier alpha value is -2.93. The summed E-state index contributed by atoms with van der Waals surface area (Å²) in [6.07, 6.45) is 0. The smallest absolute Gasteiger partial charge is 0.264 e. The van der Waals surface area contributed by atoms with Crippen LogP contribution in [0, 0.1) is 11.3 Å². The molecule has 0 radical (unpaired) electrons. The SMILES string of the molecule is COc1ccc(C#N)cc1NC(=O)c1cccc(S(=O)(=O)N(C)OC)c1. The lowest BCUT2D eigenvalue weighted by Gasteiger charge is -2.15. The second kappa shape index (κ2) is 7.97. The number of methoxy groups -OCH3 is 1. The maximum absolute atomic E-state index is 12.5. The highest BCUT2D eigenvalue weighted by Gasteiger charge is 2.22. The van der Waals surface area contributed by atoms with Crippen LogP contribution in [0.3, 0.4) is 0 Å². The fraction of sp³-hybridized carbons (Fsp3) is 0.176. The van der Waals surface area contributed by atoms with Crippen molar-refractivity contribution in [1.82, 2.24) is 4.47 Å². The van der Waals surface area contributed by atoms with E-state index in [2.05, 4.69) is 5.32 Å². The molecule has 0 aromatic heterocycles. The minimum absolute atomic E-state index is 0.0905. The first-order chi connectivity index (χ1) is 12.3. The van der Waals surface area contributed by atoms with Gasteiger partial charge in [0, 0.05) is 12.6 Å². The van der Waals surface area contributed by atoms with Crippen molar-refractivity contribution in [3.63, 3.8) is 0 Å². The van der Waals surface area contributed by atoms with Gasteiger partial charge in [-0.15, -0.1) is 0 Å². The van der Waals surface area contributed by atoms with E-state index in [-0.39, 0.29) is 10.5 Å². The number of carbonyl (C=O) groups excluding carboxylic acids is 1. The molecule has 0 aliphatic carbocycles. The molecule has 1 N–H and O–H groups in total. The second-order valence-corrected chi connectivity index (χ2v) is 7.04. The van der Waals surface area contributed by atoms with Crippen molar-refractivity contribution in [2.75, 3.05) is 26.6 Å². The maximum Gasteiger partial charge on any atom is 0.264 e. The third-order valence-electron chi connectivity index (χ3n) is 3.57. The lowest BCUT2D eigenvalue weighted by Crippen LogP contribution is -2.26. The Morgan fingerprint density at radius 3 is 2.54 bits per heavy atom. The summed E-state index contributed by atoms with van der Waals surface area (Å²) in [6.45, 7) is 0. The van der Waals surface area contributed by atoms with E-state index in [0.29, 0.717) is 21.5 Å². The number of hydroxylamine groups is 1. The fourth-order valence-corrected chi connectivity index (χ4v) is 3.13. The molecule has 0 saturated heterocycles. The van der Waals surface area contributed by atoms with Crippen LogP contribution in [0.25, 0.3) is 0 Å². The number of sulfonamides is 1. The molecule has 2 aromatic carbocycles. The number of nitriles is 1. The van der Waals surface area contributed by atoms with Gasteiger partial charge in [0.2, 0.25) is 0 Å².